The van der Waals surface area contributed by atoms with Crippen molar-refractivity contribution in [3.8, 4) is 17.2 Å². The van der Waals surface area contributed by atoms with E-state index in [4.69, 9.17) is 15.2 Å². The van der Waals surface area contributed by atoms with Crippen LogP contribution in [-0.2, 0) is 6.61 Å². The second-order valence-electron chi connectivity index (χ2n) is 7.00. The molecule has 0 aliphatic carbocycles. The third-order valence-electron chi connectivity index (χ3n) is 4.98. The van der Waals surface area contributed by atoms with Gasteiger partial charge in [0.15, 0.2) is 11.5 Å². The standard InChI is InChI=1S/C24H23N3O4/c1-30-20-14-17(12-13-19(20)31-15-16-8-4-2-5-9-16)22(28)21-23(25)26-27(24(21)29)18-10-6-3-7-11-18/h2-14,22,26,28H,15,25H2,1H3. The van der Waals surface area contributed by atoms with Gasteiger partial charge in [0, 0.05) is 0 Å². The molecule has 7 nitrogen and oxygen atoms in total. The molecular weight excluding hydrogens is 394 g/mol. The highest BCUT2D eigenvalue weighted by molar-refractivity contribution is 5.50. The van der Waals surface area contributed by atoms with Crippen molar-refractivity contribution in [2.45, 2.75) is 12.7 Å². The predicted octanol–water partition coefficient (Wildman–Crippen LogP) is 3.42. The van der Waals surface area contributed by atoms with Gasteiger partial charge < -0.3 is 20.3 Å². The van der Waals surface area contributed by atoms with Crippen molar-refractivity contribution >= 4 is 5.82 Å². The van der Waals surface area contributed by atoms with Gasteiger partial charge in [0.1, 0.15) is 18.5 Å². The number of H-pyrrole nitrogens is 1. The fourth-order valence-electron chi connectivity index (χ4n) is 3.37. The first-order valence-corrected chi connectivity index (χ1v) is 9.77. The Morgan fingerprint density at radius 2 is 1.68 bits per heavy atom. The summed E-state index contributed by atoms with van der Waals surface area (Å²) in [4.78, 5) is 12.9. The lowest BCUT2D eigenvalue weighted by Crippen LogP contribution is -2.20. The normalized spacial score (nSPS) is 11.8. The molecule has 0 bridgehead atoms. The zero-order valence-electron chi connectivity index (χ0n) is 17.0. The number of benzene rings is 3. The Morgan fingerprint density at radius 3 is 2.35 bits per heavy atom. The van der Waals surface area contributed by atoms with Crippen molar-refractivity contribution < 1.29 is 14.6 Å². The van der Waals surface area contributed by atoms with E-state index >= 15 is 0 Å². The molecule has 7 heteroatoms. The summed E-state index contributed by atoms with van der Waals surface area (Å²) in [5.41, 5.74) is 7.81. The van der Waals surface area contributed by atoms with Gasteiger partial charge in [-0.2, -0.15) is 0 Å². The number of nitrogens with two attached hydrogens (primary N) is 1. The molecule has 0 saturated heterocycles. The van der Waals surface area contributed by atoms with Crippen molar-refractivity contribution in [3.63, 3.8) is 0 Å². The summed E-state index contributed by atoms with van der Waals surface area (Å²) in [5, 5.41) is 13.7. The molecule has 1 atom stereocenters. The fraction of sp³-hybridized carbons (Fsp3) is 0.125. The quantitative estimate of drug-likeness (QED) is 0.428. The number of aliphatic hydroxyl groups excluding tert-OH is 1. The van der Waals surface area contributed by atoms with Gasteiger partial charge in [0.2, 0.25) is 0 Å². The van der Waals surface area contributed by atoms with E-state index in [9.17, 15) is 9.90 Å². The van der Waals surface area contributed by atoms with Crippen LogP contribution >= 0.6 is 0 Å². The van der Waals surface area contributed by atoms with Crippen LogP contribution in [0.3, 0.4) is 0 Å². The first-order chi connectivity index (χ1) is 15.1. The molecule has 1 heterocycles. The first-order valence-electron chi connectivity index (χ1n) is 9.77. The van der Waals surface area contributed by atoms with Crippen LogP contribution < -0.4 is 20.8 Å². The maximum absolute atomic E-state index is 12.9. The molecule has 158 valence electrons. The van der Waals surface area contributed by atoms with Gasteiger partial charge in [-0.25, -0.2) is 4.68 Å². The van der Waals surface area contributed by atoms with E-state index in [-0.39, 0.29) is 11.4 Å². The highest BCUT2D eigenvalue weighted by atomic mass is 16.5. The Bertz CT molecular complexity index is 1220. The van der Waals surface area contributed by atoms with Crippen LogP contribution in [0, 0.1) is 0 Å². The van der Waals surface area contributed by atoms with Gasteiger partial charge in [-0.1, -0.05) is 54.6 Å². The molecule has 4 N–H and O–H groups in total. The predicted molar refractivity (Wildman–Crippen MR) is 119 cm³/mol. The number of aromatic amines is 1. The second kappa shape index (κ2) is 8.81. The van der Waals surface area contributed by atoms with E-state index in [1.807, 2.05) is 48.5 Å². The van der Waals surface area contributed by atoms with Crippen LogP contribution in [0.1, 0.15) is 22.8 Å². The molecule has 4 aromatic rings. The Balaban J connectivity index is 1.61. The van der Waals surface area contributed by atoms with Crippen LogP contribution in [0.15, 0.2) is 83.7 Å². The molecule has 31 heavy (non-hydrogen) atoms. The van der Waals surface area contributed by atoms with Gasteiger partial charge in [0.05, 0.1) is 18.4 Å². The number of para-hydroxylation sites is 1. The van der Waals surface area contributed by atoms with Crippen LogP contribution in [0.4, 0.5) is 5.82 Å². The molecule has 0 spiro atoms. The summed E-state index contributed by atoms with van der Waals surface area (Å²) in [7, 11) is 1.52. The van der Waals surface area contributed by atoms with Crippen LogP contribution in [0.25, 0.3) is 5.69 Å². The third kappa shape index (κ3) is 4.17. The lowest BCUT2D eigenvalue weighted by Gasteiger charge is -2.15. The molecule has 0 aliphatic heterocycles. The smallest absolute Gasteiger partial charge is 0.279 e. The van der Waals surface area contributed by atoms with Crippen LogP contribution in [-0.4, -0.2) is 22.0 Å². The molecule has 1 unspecified atom stereocenters. The number of rotatable bonds is 7. The summed E-state index contributed by atoms with van der Waals surface area (Å²) in [6, 6.07) is 23.8. The molecule has 0 radical (unpaired) electrons. The summed E-state index contributed by atoms with van der Waals surface area (Å²) < 4.78 is 12.6. The third-order valence-corrected chi connectivity index (χ3v) is 4.98. The monoisotopic (exact) mass is 417 g/mol. The lowest BCUT2D eigenvalue weighted by molar-refractivity contribution is 0.218. The topological polar surface area (TPSA) is 103 Å². The van der Waals surface area contributed by atoms with Crippen molar-refractivity contribution in [2.24, 2.45) is 0 Å². The molecule has 0 fully saturated rings. The minimum atomic E-state index is -1.23. The fourth-order valence-corrected chi connectivity index (χ4v) is 3.37. The summed E-state index contributed by atoms with van der Waals surface area (Å²) in [6.07, 6.45) is -1.23. The second-order valence-corrected chi connectivity index (χ2v) is 7.00. The van der Waals surface area contributed by atoms with Gasteiger partial charge in [-0.3, -0.25) is 9.89 Å². The molecule has 3 aromatic carbocycles. The summed E-state index contributed by atoms with van der Waals surface area (Å²) in [6.45, 7) is 0.381. The number of hydrogen-bond acceptors (Lipinski definition) is 5. The maximum Gasteiger partial charge on any atom is 0.279 e. The zero-order chi connectivity index (χ0) is 21.8. The van der Waals surface area contributed by atoms with E-state index in [1.54, 1.807) is 30.3 Å². The minimum Gasteiger partial charge on any atom is -0.493 e. The Hall–Kier alpha value is -3.97. The SMILES string of the molecule is COc1cc(C(O)c2c(N)[nH]n(-c3ccccc3)c2=O)ccc1OCc1ccccc1. The first kappa shape index (κ1) is 20.3. The molecule has 0 aliphatic rings. The number of ether oxygens (including phenoxy) is 2. The number of aromatic nitrogens is 2. The summed E-state index contributed by atoms with van der Waals surface area (Å²) in [5.74, 6) is 1.08. The number of methoxy groups -OCH3 is 1. The summed E-state index contributed by atoms with van der Waals surface area (Å²) >= 11 is 0. The number of hydrogen-bond donors (Lipinski definition) is 3. The van der Waals surface area contributed by atoms with E-state index in [0.717, 1.165) is 5.56 Å². The van der Waals surface area contributed by atoms with Crippen molar-refractivity contribution in [1.29, 1.82) is 0 Å². The average molecular weight is 417 g/mol. The van der Waals surface area contributed by atoms with Gasteiger partial charge >= 0.3 is 0 Å². The van der Waals surface area contributed by atoms with Crippen molar-refractivity contribution in [2.75, 3.05) is 12.8 Å². The molecular formula is C24H23N3O4. The van der Waals surface area contributed by atoms with Crippen molar-refractivity contribution in [1.82, 2.24) is 9.78 Å². The largest absolute Gasteiger partial charge is 0.493 e. The van der Waals surface area contributed by atoms with Gasteiger partial charge in [-0.05, 0) is 35.4 Å². The number of nitrogens with one attached hydrogen (secondary N) is 1. The van der Waals surface area contributed by atoms with Gasteiger partial charge in [0.25, 0.3) is 5.56 Å². The molecule has 0 amide bonds. The number of nitrogen functional groups attached to an aromatic ring is 1. The Labute approximate surface area is 179 Å². The lowest BCUT2D eigenvalue weighted by atomic mass is 10.0. The highest BCUT2D eigenvalue weighted by Gasteiger charge is 2.23. The van der Waals surface area contributed by atoms with E-state index in [1.165, 1.54) is 11.8 Å². The highest BCUT2D eigenvalue weighted by Crippen LogP contribution is 2.33. The number of anilines is 1. The molecule has 1 aromatic heterocycles. The van der Waals surface area contributed by atoms with E-state index < -0.39 is 11.7 Å². The van der Waals surface area contributed by atoms with Gasteiger partial charge in [-0.15, -0.1) is 0 Å². The van der Waals surface area contributed by atoms with E-state index in [0.29, 0.717) is 29.4 Å². The van der Waals surface area contributed by atoms with Crippen LogP contribution in [0.2, 0.25) is 0 Å². The number of nitrogens with zero attached hydrogens (tertiary/aromatic N) is 1. The Morgan fingerprint density at radius 1 is 1.00 bits per heavy atom. The minimum absolute atomic E-state index is 0.0730. The molecule has 0 saturated carbocycles. The maximum atomic E-state index is 12.9. The Kier molecular flexibility index (Phi) is 5.77. The molecule has 4 rings (SSSR count). The number of aliphatic hydroxyl groups is 1. The van der Waals surface area contributed by atoms with Crippen molar-refractivity contribution in [3.05, 3.63) is 106 Å². The zero-order valence-corrected chi connectivity index (χ0v) is 17.0. The average Bonchev–Trinajstić information content (AvgIpc) is 3.12. The van der Waals surface area contributed by atoms with E-state index in [2.05, 4.69) is 5.10 Å². The van der Waals surface area contributed by atoms with Crippen LogP contribution in [0.5, 0.6) is 11.5 Å².